The first-order chi connectivity index (χ1) is 15.9. The molecule has 2 heterocycles. The molecule has 2 aromatic carbocycles. The van der Waals surface area contributed by atoms with Gasteiger partial charge in [0, 0.05) is 42.1 Å². The number of nitrogens with one attached hydrogen (secondary N) is 1. The molecule has 0 aliphatic carbocycles. The summed E-state index contributed by atoms with van der Waals surface area (Å²) in [5.74, 6) is 1.23. The van der Waals surface area contributed by atoms with Gasteiger partial charge in [-0.15, -0.1) is 0 Å². The second kappa shape index (κ2) is 11.2. The van der Waals surface area contributed by atoms with E-state index in [-0.39, 0.29) is 12.1 Å². The van der Waals surface area contributed by atoms with Crippen LogP contribution in [0.1, 0.15) is 50.3 Å². The van der Waals surface area contributed by atoms with Crippen LogP contribution in [0.25, 0.3) is 0 Å². The number of carbonyl (C=O) groups is 1. The quantitative estimate of drug-likeness (QED) is 0.572. The zero-order valence-electron chi connectivity index (χ0n) is 19.6. The topological polar surface area (TPSA) is 35.6 Å². The minimum atomic E-state index is 0.0995. The smallest absolute Gasteiger partial charge is 0.223 e. The van der Waals surface area contributed by atoms with Crippen molar-refractivity contribution in [3.05, 3.63) is 69.7 Å². The van der Waals surface area contributed by atoms with E-state index < -0.39 is 0 Å². The lowest BCUT2D eigenvalue weighted by molar-refractivity contribution is -0.139. The highest BCUT2D eigenvalue weighted by atomic mass is 35.5. The van der Waals surface area contributed by atoms with Gasteiger partial charge in [-0.25, -0.2) is 0 Å². The fourth-order valence-corrected chi connectivity index (χ4v) is 5.55. The second-order valence-electron chi connectivity index (χ2n) is 9.80. The molecule has 2 aliphatic heterocycles. The maximum Gasteiger partial charge on any atom is 0.223 e. The van der Waals surface area contributed by atoms with Crippen molar-refractivity contribution >= 4 is 29.1 Å². The molecule has 0 bridgehead atoms. The van der Waals surface area contributed by atoms with E-state index in [0.717, 1.165) is 55.6 Å². The lowest BCUT2D eigenvalue weighted by atomic mass is 9.91. The van der Waals surface area contributed by atoms with E-state index in [2.05, 4.69) is 53.2 Å². The Labute approximate surface area is 208 Å². The van der Waals surface area contributed by atoms with Gasteiger partial charge in [0.05, 0.1) is 6.04 Å². The Balaban J connectivity index is 1.55. The number of halogens is 2. The van der Waals surface area contributed by atoms with Gasteiger partial charge in [0.2, 0.25) is 5.91 Å². The van der Waals surface area contributed by atoms with E-state index in [9.17, 15) is 4.79 Å². The molecule has 2 aromatic rings. The van der Waals surface area contributed by atoms with Gasteiger partial charge >= 0.3 is 0 Å². The van der Waals surface area contributed by atoms with Gasteiger partial charge in [-0.2, -0.15) is 0 Å². The number of piperidine rings is 1. The first-order valence-corrected chi connectivity index (χ1v) is 12.9. The Morgan fingerprint density at radius 1 is 0.939 bits per heavy atom. The summed E-state index contributed by atoms with van der Waals surface area (Å²) in [4.78, 5) is 18.0. The number of carbonyl (C=O) groups excluding carboxylic acids is 1. The van der Waals surface area contributed by atoms with E-state index in [1.54, 1.807) is 0 Å². The van der Waals surface area contributed by atoms with E-state index in [4.69, 9.17) is 23.2 Å². The lowest BCUT2D eigenvalue weighted by Gasteiger charge is -2.46. The zero-order chi connectivity index (χ0) is 23.4. The van der Waals surface area contributed by atoms with Crippen molar-refractivity contribution in [3.8, 4) is 0 Å². The van der Waals surface area contributed by atoms with Gasteiger partial charge in [0.25, 0.3) is 0 Å². The van der Waals surface area contributed by atoms with Crippen LogP contribution < -0.4 is 5.32 Å². The zero-order valence-corrected chi connectivity index (χ0v) is 21.2. The summed E-state index contributed by atoms with van der Waals surface area (Å²) >= 11 is 12.4. The Hall–Kier alpha value is -1.59. The van der Waals surface area contributed by atoms with Crippen molar-refractivity contribution in [1.29, 1.82) is 0 Å². The van der Waals surface area contributed by atoms with Crippen LogP contribution in [0.5, 0.6) is 0 Å². The number of amides is 1. The highest BCUT2D eigenvalue weighted by molar-refractivity contribution is 6.30. The monoisotopic (exact) mass is 487 g/mol. The molecule has 0 spiro atoms. The molecular weight excluding hydrogens is 453 g/mol. The lowest BCUT2D eigenvalue weighted by Crippen LogP contribution is -2.58. The Kier molecular flexibility index (Phi) is 8.34. The molecular formula is C27H35Cl2N3O. The third-order valence-electron chi connectivity index (χ3n) is 7.20. The molecule has 0 radical (unpaired) electrons. The molecule has 1 amide bonds. The third-order valence-corrected chi connectivity index (χ3v) is 7.70. The fourth-order valence-electron chi connectivity index (χ4n) is 5.30. The van der Waals surface area contributed by atoms with Crippen LogP contribution in [0, 0.1) is 11.8 Å². The third kappa shape index (κ3) is 6.10. The highest BCUT2D eigenvalue weighted by Gasteiger charge is 2.36. The van der Waals surface area contributed by atoms with Gasteiger partial charge in [0.1, 0.15) is 0 Å². The van der Waals surface area contributed by atoms with Crippen LogP contribution in [-0.2, 0) is 4.79 Å². The summed E-state index contributed by atoms with van der Waals surface area (Å²) in [6.07, 6.45) is 2.89. The number of hydrogen-bond donors (Lipinski definition) is 1. The summed E-state index contributed by atoms with van der Waals surface area (Å²) in [6.45, 7) is 9.00. The molecule has 0 unspecified atom stereocenters. The van der Waals surface area contributed by atoms with Crippen molar-refractivity contribution in [2.45, 2.75) is 45.2 Å². The fraction of sp³-hybridized carbons (Fsp3) is 0.519. The summed E-state index contributed by atoms with van der Waals surface area (Å²) in [7, 11) is 0. The Morgan fingerprint density at radius 3 is 2.00 bits per heavy atom. The van der Waals surface area contributed by atoms with Crippen molar-refractivity contribution in [1.82, 2.24) is 15.1 Å². The summed E-state index contributed by atoms with van der Waals surface area (Å²) in [5.41, 5.74) is 2.41. The summed E-state index contributed by atoms with van der Waals surface area (Å²) < 4.78 is 0. The molecule has 0 aromatic heterocycles. The molecule has 178 valence electrons. The van der Waals surface area contributed by atoms with Crippen LogP contribution in [0.3, 0.4) is 0 Å². The van der Waals surface area contributed by atoms with E-state index in [1.165, 1.54) is 11.1 Å². The van der Waals surface area contributed by atoms with Crippen LogP contribution in [0.2, 0.25) is 10.0 Å². The first-order valence-electron chi connectivity index (χ1n) is 12.2. The van der Waals surface area contributed by atoms with Crippen molar-refractivity contribution in [2.24, 2.45) is 11.8 Å². The first kappa shape index (κ1) is 24.5. The molecule has 1 N–H and O–H groups in total. The highest BCUT2D eigenvalue weighted by Crippen LogP contribution is 2.34. The molecule has 1 atom stereocenters. The van der Waals surface area contributed by atoms with Gasteiger partial charge in [-0.1, -0.05) is 61.3 Å². The molecule has 2 fully saturated rings. The summed E-state index contributed by atoms with van der Waals surface area (Å²) in [5, 5.41) is 4.88. The predicted molar refractivity (Wildman–Crippen MR) is 137 cm³/mol. The number of benzene rings is 2. The summed E-state index contributed by atoms with van der Waals surface area (Å²) in [6, 6.07) is 16.6. The number of nitrogens with zero attached hydrogens (tertiary/aromatic N) is 2. The average Bonchev–Trinajstić information content (AvgIpc) is 2.82. The predicted octanol–water partition coefficient (Wildman–Crippen LogP) is 5.64. The van der Waals surface area contributed by atoms with Crippen LogP contribution in [0.15, 0.2) is 48.5 Å². The maximum atomic E-state index is 13.3. The Morgan fingerprint density at radius 2 is 1.48 bits per heavy atom. The number of piperazine rings is 1. The van der Waals surface area contributed by atoms with Gasteiger partial charge in [0.15, 0.2) is 0 Å². The Bertz CT molecular complexity index is 864. The van der Waals surface area contributed by atoms with Crippen molar-refractivity contribution in [2.75, 3.05) is 32.7 Å². The normalized spacial score (nSPS) is 20.5. The van der Waals surface area contributed by atoms with E-state index in [0.29, 0.717) is 24.2 Å². The van der Waals surface area contributed by atoms with Crippen molar-refractivity contribution in [3.63, 3.8) is 0 Å². The largest absolute Gasteiger partial charge is 0.337 e. The maximum absolute atomic E-state index is 13.3. The SMILES string of the molecule is CC(C)[C@@H]1CN(C(c2ccc(Cl)cc2)c2ccc(Cl)cc2)CCN1C(=O)CC1CCNCC1. The molecule has 6 heteroatoms. The van der Waals surface area contributed by atoms with Crippen LogP contribution in [-0.4, -0.2) is 54.5 Å². The minimum Gasteiger partial charge on any atom is -0.337 e. The van der Waals surface area contributed by atoms with Crippen LogP contribution in [0.4, 0.5) is 0 Å². The van der Waals surface area contributed by atoms with Gasteiger partial charge in [-0.3, -0.25) is 9.69 Å². The molecule has 4 rings (SSSR count). The van der Waals surface area contributed by atoms with Crippen LogP contribution >= 0.6 is 23.2 Å². The standard InChI is InChI=1S/C27H35Cl2N3O/c1-19(2)25-18-31(15-16-32(25)26(33)17-20-11-13-30-14-12-20)27(21-3-7-23(28)8-4-21)22-5-9-24(29)10-6-22/h3-10,19-20,25,27,30H,11-18H2,1-2H3/t25-/m0/s1. The van der Waals surface area contributed by atoms with Gasteiger partial charge in [-0.05, 0) is 73.2 Å². The number of rotatable bonds is 6. The average molecular weight is 489 g/mol. The molecule has 4 nitrogen and oxygen atoms in total. The van der Waals surface area contributed by atoms with E-state index >= 15 is 0 Å². The molecule has 2 aliphatic rings. The second-order valence-corrected chi connectivity index (χ2v) is 10.7. The molecule has 33 heavy (non-hydrogen) atoms. The van der Waals surface area contributed by atoms with E-state index in [1.807, 2.05) is 24.3 Å². The minimum absolute atomic E-state index is 0.0995. The van der Waals surface area contributed by atoms with Crippen molar-refractivity contribution < 1.29 is 4.79 Å². The molecule has 0 saturated carbocycles. The molecule has 2 saturated heterocycles. The number of hydrogen-bond acceptors (Lipinski definition) is 3. The van der Waals surface area contributed by atoms with Gasteiger partial charge < -0.3 is 10.2 Å².